The summed E-state index contributed by atoms with van der Waals surface area (Å²) in [7, 11) is 0. The van der Waals surface area contributed by atoms with E-state index in [0.717, 1.165) is 11.1 Å². The molecule has 8 nitrogen and oxygen atoms in total. The summed E-state index contributed by atoms with van der Waals surface area (Å²) in [6, 6.07) is 21.1. The van der Waals surface area contributed by atoms with Gasteiger partial charge in [-0.1, -0.05) is 36.4 Å². The predicted molar refractivity (Wildman–Crippen MR) is 123 cm³/mol. The molecule has 1 heterocycles. The van der Waals surface area contributed by atoms with Crippen LogP contribution in [0.4, 0.5) is 0 Å². The topological polar surface area (TPSA) is 100 Å². The second-order valence-corrected chi connectivity index (χ2v) is 7.57. The van der Waals surface area contributed by atoms with Gasteiger partial charge in [-0.2, -0.15) is 0 Å². The molecule has 174 valence electrons. The van der Waals surface area contributed by atoms with Gasteiger partial charge in [0.1, 0.15) is 18.5 Å². The number of nitrogens with one attached hydrogen (secondary N) is 1. The van der Waals surface area contributed by atoms with Crippen LogP contribution in [0.3, 0.4) is 0 Å². The number of rotatable bonds is 7. The summed E-state index contributed by atoms with van der Waals surface area (Å²) in [4.78, 5) is 35.4. The van der Waals surface area contributed by atoms with Gasteiger partial charge in [0.05, 0.1) is 12.1 Å². The van der Waals surface area contributed by atoms with E-state index in [0.29, 0.717) is 29.4 Å². The zero-order valence-electron chi connectivity index (χ0n) is 18.5. The Morgan fingerprint density at radius 2 is 1.56 bits per heavy atom. The summed E-state index contributed by atoms with van der Waals surface area (Å²) in [5.41, 5.74) is 2.10. The first-order valence-corrected chi connectivity index (χ1v) is 10.7. The molecule has 3 aromatic carbocycles. The standard InChI is InChI=1S/C26H23NO7/c1-17(28)33-21-12-10-19(11-13-21)18-6-8-20(9-7-18)26(30)32-16-25(29)27-14-22-15-31-23-4-2-3-5-24(23)34-22/h2-13,22H,14-16H2,1H3,(H,27,29). The lowest BCUT2D eigenvalue weighted by Gasteiger charge is -2.26. The fraction of sp³-hybridized carbons (Fsp3) is 0.192. The molecule has 1 N–H and O–H groups in total. The highest BCUT2D eigenvalue weighted by Gasteiger charge is 2.21. The van der Waals surface area contributed by atoms with Crippen LogP contribution in [0.2, 0.25) is 0 Å². The Morgan fingerprint density at radius 1 is 0.912 bits per heavy atom. The predicted octanol–water partition coefficient (Wildman–Crippen LogP) is 3.39. The van der Waals surface area contributed by atoms with Crippen molar-refractivity contribution in [2.24, 2.45) is 0 Å². The number of ether oxygens (including phenoxy) is 4. The Labute approximate surface area is 196 Å². The van der Waals surface area contributed by atoms with Crippen molar-refractivity contribution >= 4 is 17.8 Å². The molecule has 1 aliphatic rings. The summed E-state index contributed by atoms with van der Waals surface area (Å²) in [5.74, 6) is 0.346. The van der Waals surface area contributed by atoms with Crippen molar-refractivity contribution in [3.05, 3.63) is 78.4 Å². The molecule has 0 bridgehead atoms. The number of fused-ring (bicyclic) bond motifs is 1. The van der Waals surface area contributed by atoms with E-state index in [9.17, 15) is 14.4 Å². The fourth-order valence-corrected chi connectivity index (χ4v) is 3.34. The maximum Gasteiger partial charge on any atom is 0.338 e. The van der Waals surface area contributed by atoms with E-state index >= 15 is 0 Å². The molecule has 0 fully saturated rings. The highest BCUT2D eigenvalue weighted by atomic mass is 16.6. The van der Waals surface area contributed by atoms with E-state index in [1.54, 1.807) is 42.5 Å². The Hall–Kier alpha value is -4.33. The van der Waals surface area contributed by atoms with Crippen molar-refractivity contribution in [3.63, 3.8) is 0 Å². The molecule has 0 saturated carbocycles. The Morgan fingerprint density at radius 3 is 2.24 bits per heavy atom. The number of carbonyl (C=O) groups is 3. The molecular weight excluding hydrogens is 438 g/mol. The number of para-hydroxylation sites is 2. The van der Waals surface area contributed by atoms with Gasteiger partial charge in [0.2, 0.25) is 0 Å². The molecule has 0 saturated heterocycles. The minimum atomic E-state index is -0.599. The first-order valence-electron chi connectivity index (χ1n) is 10.7. The number of hydrogen-bond donors (Lipinski definition) is 1. The molecule has 3 aromatic rings. The van der Waals surface area contributed by atoms with Gasteiger partial charge in [-0.15, -0.1) is 0 Å². The van der Waals surface area contributed by atoms with E-state index < -0.39 is 18.5 Å². The van der Waals surface area contributed by atoms with E-state index in [1.165, 1.54) is 6.92 Å². The molecule has 0 spiro atoms. The number of hydrogen-bond acceptors (Lipinski definition) is 7. The second-order valence-electron chi connectivity index (χ2n) is 7.57. The van der Waals surface area contributed by atoms with Crippen LogP contribution >= 0.6 is 0 Å². The monoisotopic (exact) mass is 461 g/mol. The quantitative estimate of drug-likeness (QED) is 0.425. The average Bonchev–Trinajstić information content (AvgIpc) is 2.86. The number of carbonyl (C=O) groups excluding carboxylic acids is 3. The van der Waals surface area contributed by atoms with Gasteiger partial charge in [0.15, 0.2) is 18.1 Å². The summed E-state index contributed by atoms with van der Waals surface area (Å²) in [6.07, 6.45) is -0.329. The summed E-state index contributed by atoms with van der Waals surface area (Å²) >= 11 is 0. The van der Waals surface area contributed by atoms with Crippen LogP contribution in [0.5, 0.6) is 17.2 Å². The second kappa shape index (κ2) is 10.5. The van der Waals surface area contributed by atoms with Gasteiger partial charge in [-0.05, 0) is 47.5 Å². The zero-order valence-corrected chi connectivity index (χ0v) is 18.5. The number of benzene rings is 3. The number of esters is 2. The molecule has 1 atom stereocenters. The maximum atomic E-state index is 12.3. The summed E-state index contributed by atoms with van der Waals surface area (Å²) < 4.78 is 21.5. The van der Waals surface area contributed by atoms with E-state index in [2.05, 4.69) is 5.32 Å². The van der Waals surface area contributed by atoms with Crippen LogP contribution in [0.25, 0.3) is 11.1 Å². The molecule has 1 aliphatic heterocycles. The lowest BCUT2D eigenvalue weighted by molar-refractivity contribution is -0.131. The maximum absolute atomic E-state index is 12.3. The summed E-state index contributed by atoms with van der Waals surface area (Å²) in [5, 5.41) is 2.68. The fourth-order valence-electron chi connectivity index (χ4n) is 3.34. The van der Waals surface area contributed by atoms with Crippen molar-refractivity contribution in [2.45, 2.75) is 13.0 Å². The van der Waals surface area contributed by atoms with Crippen LogP contribution in [0.15, 0.2) is 72.8 Å². The van der Waals surface area contributed by atoms with Gasteiger partial charge in [-0.3, -0.25) is 9.59 Å². The Kier molecular flexibility index (Phi) is 7.07. The summed E-state index contributed by atoms with van der Waals surface area (Å²) in [6.45, 7) is 1.49. The van der Waals surface area contributed by atoms with Crippen molar-refractivity contribution in [1.82, 2.24) is 5.32 Å². The third-order valence-corrected chi connectivity index (χ3v) is 5.00. The van der Waals surface area contributed by atoms with Gasteiger partial charge in [0, 0.05) is 6.92 Å². The molecule has 8 heteroatoms. The third-order valence-electron chi connectivity index (χ3n) is 5.00. The SMILES string of the molecule is CC(=O)Oc1ccc(-c2ccc(C(=O)OCC(=O)NCC3COc4ccccc4O3)cc2)cc1. The molecule has 1 unspecified atom stereocenters. The highest BCUT2D eigenvalue weighted by molar-refractivity contribution is 5.91. The van der Waals surface area contributed by atoms with Crippen molar-refractivity contribution in [1.29, 1.82) is 0 Å². The van der Waals surface area contributed by atoms with Crippen LogP contribution < -0.4 is 19.5 Å². The first kappa shape index (κ1) is 22.8. The Balaban J connectivity index is 1.23. The van der Waals surface area contributed by atoms with Crippen LogP contribution in [-0.2, 0) is 14.3 Å². The largest absolute Gasteiger partial charge is 0.486 e. The highest BCUT2D eigenvalue weighted by Crippen LogP contribution is 2.30. The zero-order chi connectivity index (χ0) is 23.9. The molecule has 1 amide bonds. The van der Waals surface area contributed by atoms with Gasteiger partial charge in [-0.25, -0.2) is 4.79 Å². The lowest BCUT2D eigenvalue weighted by atomic mass is 10.0. The molecule has 0 aromatic heterocycles. The lowest BCUT2D eigenvalue weighted by Crippen LogP contribution is -2.42. The first-order chi connectivity index (χ1) is 16.5. The van der Waals surface area contributed by atoms with E-state index in [4.69, 9.17) is 18.9 Å². The van der Waals surface area contributed by atoms with E-state index in [1.807, 2.05) is 30.3 Å². The minimum absolute atomic E-state index is 0.232. The normalized spacial score (nSPS) is 14.1. The number of amides is 1. The molecule has 4 rings (SSSR count). The molecule has 0 aliphatic carbocycles. The van der Waals surface area contributed by atoms with Gasteiger partial charge >= 0.3 is 11.9 Å². The van der Waals surface area contributed by atoms with Gasteiger partial charge in [0.25, 0.3) is 5.91 Å². The van der Waals surface area contributed by atoms with Crippen LogP contribution in [0, 0.1) is 0 Å². The van der Waals surface area contributed by atoms with Crippen molar-refractivity contribution in [2.75, 3.05) is 19.8 Å². The third kappa shape index (κ3) is 5.92. The van der Waals surface area contributed by atoms with Gasteiger partial charge < -0.3 is 24.3 Å². The minimum Gasteiger partial charge on any atom is -0.486 e. The Bertz CT molecular complexity index is 1170. The van der Waals surface area contributed by atoms with Crippen LogP contribution in [-0.4, -0.2) is 43.7 Å². The van der Waals surface area contributed by atoms with Crippen molar-refractivity contribution in [3.8, 4) is 28.4 Å². The molecular formula is C26H23NO7. The molecule has 34 heavy (non-hydrogen) atoms. The van der Waals surface area contributed by atoms with E-state index in [-0.39, 0.29) is 18.6 Å². The average molecular weight is 461 g/mol. The smallest absolute Gasteiger partial charge is 0.338 e. The molecule has 0 radical (unpaired) electrons. The van der Waals surface area contributed by atoms with Crippen molar-refractivity contribution < 1.29 is 33.3 Å². The van der Waals surface area contributed by atoms with Crippen LogP contribution in [0.1, 0.15) is 17.3 Å².